The molecule has 0 amide bonds. The van der Waals surface area contributed by atoms with E-state index in [1.54, 1.807) is 18.2 Å². The second kappa shape index (κ2) is 5.56. The summed E-state index contributed by atoms with van der Waals surface area (Å²) in [5.41, 5.74) is 6.44. The first-order valence-corrected chi connectivity index (χ1v) is 7.17. The number of nitrogens with one attached hydrogen (secondary N) is 1. The Hall–Kier alpha value is -1.99. The third kappa shape index (κ3) is 3.12. The fourth-order valence-corrected chi connectivity index (χ4v) is 2.78. The van der Waals surface area contributed by atoms with Crippen molar-refractivity contribution >= 4 is 15.7 Å². The number of benzene rings is 2. The molecular weight excluding hydrogens is 286 g/mol. The molecule has 7 heteroatoms. The summed E-state index contributed by atoms with van der Waals surface area (Å²) in [4.78, 5) is -0.614. The van der Waals surface area contributed by atoms with Crippen LogP contribution in [0.3, 0.4) is 0 Å². The minimum absolute atomic E-state index is 0.250. The van der Waals surface area contributed by atoms with Gasteiger partial charge in [0, 0.05) is 18.3 Å². The molecule has 0 aliphatic carbocycles. The molecule has 0 spiro atoms. The van der Waals surface area contributed by atoms with Crippen LogP contribution in [0, 0.1) is 11.6 Å². The molecule has 3 N–H and O–H groups in total. The highest BCUT2D eigenvalue weighted by Gasteiger charge is 2.19. The molecule has 0 radical (unpaired) electrons. The SMILES string of the molecule is NCc1cccc(NS(=O)(=O)c2ccc(F)cc2F)c1. The van der Waals surface area contributed by atoms with Gasteiger partial charge in [-0.05, 0) is 29.8 Å². The number of anilines is 1. The smallest absolute Gasteiger partial charge is 0.264 e. The lowest BCUT2D eigenvalue weighted by molar-refractivity contribution is 0.551. The van der Waals surface area contributed by atoms with Gasteiger partial charge in [-0.15, -0.1) is 0 Å². The minimum Gasteiger partial charge on any atom is -0.326 e. The van der Waals surface area contributed by atoms with Crippen LogP contribution in [-0.2, 0) is 16.6 Å². The van der Waals surface area contributed by atoms with Crippen LogP contribution in [0.25, 0.3) is 0 Å². The third-order valence-corrected chi connectivity index (χ3v) is 4.01. The van der Waals surface area contributed by atoms with E-state index >= 15 is 0 Å². The van der Waals surface area contributed by atoms with Gasteiger partial charge in [0.2, 0.25) is 0 Å². The summed E-state index contributed by atoms with van der Waals surface area (Å²) in [5, 5.41) is 0. The molecule has 4 nitrogen and oxygen atoms in total. The van der Waals surface area contributed by atoms with E-state index < -0.39 is 26.6 Å². The van der Waals surface area contributed by atoms with Crippen LogP contribution in [0.1, 0.15) is 5.56 Å². The summed E-state index contributed by atoms with van der Waals surface area (Å²) < 4.78 is 52.6. The van der Waals surface area contributed by atoms with E-state index in [2.05, 4.69) is 4.72 Å². The van der Waals surface area contributed by atoms with Crippen LogP contribution in [0.2, 0.25) is 0 Å². The van der Waals surface area contributed by atoms with Gasteiger partial charge in [-0.25, -0.2) is 17.2 Å². The van der Waals surface area contributed by atoms with Crippen molar-refractivity contribution in [2.75, 3.05) is 4.72 Å². The average Bonchev–Trinajstić information content (AvgIpc) is 2.37. The Morgan fingerprint density at radius 2 is 1.85 bits per heavy atom. The Morgan fingerprint density at radius 1 is 1.10 bits per heavy atom. The van der Waals surface area contributed by atoms with Crippen molar-refractivity contribution in [2.24, 2.45) is 5.73 Å². The van der Waals surface area contributed by atoms with Crippen molar-refractivity contribution in [3.8, 4) is 0 Å². The topological polar surface area (TPSA) is 72.2 Å². The van der Waals surface area contributed by atoms with Crippen LogP contribution in [0.15, 0.2) is 47.4 Å². The van der Waals surface area contributed by atoms with Crippen molar-refractivity contribution in [2.45, 2.75) is 11.4 Å². The zero-order valence-corrected chi connectivity index (χ0v) is 11.1. The number of hydrogen-bond donors (Lipinski definition) is 2. The Labute approximate surface area is 115 Å². The Kier molecular flexibility index (Phi) is 4.01. The van der Waals surface area contributed by atoms with Gasteiger partial charge >= 0.3 is 0 Å². The van der Waals surface area contributed by atoms with Gasteiger partial charge in [0.05, 0.1) is 0 Å². The van der Waals surface area contributed by atoms with Gasteiger partial charge in [-0.3, -0.25) is 4.72 Å². The standard InChI is InChI=1S/C13H12F2N2O2S/c14-10-4-5-13(12(15)7-10)20(18,19)17-11-3-1-2-9(6-11)8-16/h1-7,17H,8,16H2. The Balaban J connectivity index is 2.35. The van der Waals surface area contributed by atoms with Crippen molar-refractivity contribution < 1.29 is 17.2 Å². The van der Waals surface area contributed by atoms with Gasteiger partial charge in [-0.1, -0.05) is 12.1 Å². The zero-order chi connectivity index (χ0) is 14.8. The Bertz CT molecular complexity index is 733. The number of halogens is 2. The normalized spacial score (nSPS) is 11.3. The summed E-state index contributed by atoms with van der Waals surface area (Å²) in [6, 6.07) is 8.69. The molecule has 0 saturated heterocycles. The largest absolute Gasteiger partial charge is 0.326 e. The third-order valence-electron chi connectivity index (χ3n) is 2.60. The minimum atomic E-state index is -4.12. The van der Waals surface area contributed by atoms with E-state index in [0.29, 0.717) is 6.07 Å². The molecule has 0 aromatic heterocycles. The summed E-state index contributed by atoms with van der Waals surface area (Å²) in [7, 11) is -4.12. The summed E-state index contributed by atoms with van der Waals surface area (Å²) in [6.07, 6.45) is 0. The monoisotopic (exact) mass is 298 g/mol. The summed E-state index contributed by atoms with van der Waals surface area (Å²) in [6.45, 7) is 0.250. The Morgan fingerprint density at radius 3 is 2.50 bits per heavy atom. The molecule has 0 aliphatic heterocycles. The number of sulfonamides is 1. The molecule has 0 aliphatic rings. The van der Waals surface area contributed by atoms with Gasteiger partial charge in [-0.2, -0.15) is 0 Å². The highest BCUT2D eigenvalue weighted by Crippen LogP contribution is 2.20. The second-order valence-corrected chi connectivity index (χ2v) is 5.74. The predicted molar refractivity (Wildman–Crippen MR) is 71.5 cm³/mol. The van der Waals surface area contributed by atoms with Crippen LogP contribution in [0.5, 0.6) is 0 Å². The molecule has 2 rings (SSSR count). The fraction of sp³-hybridized carbons (Fsp3) is 0.0769. The lowest BCUT2D eigenvalue weighted by atomic mass is 10.2. The van der Waals surface area contributed by atoms with Gasteiger partial charge in [0.15, 0.2) is 0 Å². The van der Waals surface area contributed by atoms with Crippen molar-refractivity contribution in [1.29, 1.82) is 0 Å². The van der Waals surface area contributed by atoms with Crippen LogP contribution < -0.4 is 10.5 Å². The molecule has 106 valence electrons. The molecule has 2 aromatic carbocycles. The maximum absolute atomic E-state index is 13.5. The van der Waals surface area contributed by atoms with Crippen LogP contribution in [-0.4, -0.2) is 8.42 Å². The van der Waals surface area contributed by atoms with Crippen molar-refractivity contribution in [3.63, 3.8) is 0 Å². The molecule has 0 fully saturated rings. The highest BCUT2D eigenvalue weighted by molar-refractivity contribution is 7.92. The predicted octanol–water partition coefficient (Wildman–Crippen LogP) is 2.22. The van der Waals surface area contributed by atoms with E-state index in [9.17, 15) is 17.2 Å². The number of nitrogens with two attached hydrogens (primary N) is 1. The van der Waals surface area contributed by atoms with Crippen LogP contribution in [0.4, 0.5) is 14.5 Å². The lowest BCUT2D eigenvalue weighted by Gasteiger charge is -2.09. The molecule has 0 heterocycles. The first kappa shape index (κ1) is 14.4. The number of rotatable bonds is 4. The first-order chi connectivity index (χ1) is 9.42. The molecule has 20 heavy (non-hydrogen) atoms. The van der Waals surface area contributed by atoms with E-state index in [1.165, 1.54) is 6.07 Å². The van der Waals surface area contributed by atoms with E-state index in [4.69, 9.17) is 5.73 Å². The average molecular weight is 298 g/mol. The van der Waals surface area contributed by atoms with Crippen molar-refractivity contribution in [3.05, 3.63) is 59.7 Å². The summed E-state index contributed by atoms with van der Waals surface area (Å²) in [5.74, 6) is -1.99. The lowest BCUT2D eigenvalue weighted by Crippen LogP contribution is -2.15. The van der Waals surface area contributed by atoms with Gasteiger partial charge in [0.1, 0.15) is 16.5 Å². The molecule has 0 atom stereocenters. The molecule has 0 bridgehead atoms. The summed E-state index contributed by atoms with van der Waals surface area (Å²) >= 11 is 0. The van der Waals surface area contributed by atoms with Gasteiger partial charge in [0.25, 0.3) is 10.0 Å². The molecule has 2 aromatic rings. The second-order valence-electron chi connectivity index (χ2n) is 4.08. The maximum atomic E-state index is 13.5. The molecular formula is C13H12F2N2O2S. The van der Waals surface area contributed by atoms with E-state index in [0.717, 1.165) is 17.7 Å². The van der Waals surface area contributed by atoms with E-state index in [1.807, 2.05) is 0 Å². The maximum Gasteiger partial charge on any atom is 0.264 e. The van der Waals surface area contributed by atoms with E-state index in [-0.39, 0.29) is 12.2 Å². The molecule has 0 unspecified atom stereocenters. The number of hydrogen-bond acceptors (Lipinski definition) is 3. The fourth-order valence-electron chi connectivity index (χ4n) is 1.67. The quantitative estimate of drug-likeness (QED) is 0.909. The van der Waals surface area contributed by atoms with Crippen molar-refractivity contribution in [1.82, 2.24) is 0 Å². The van der Waals surface area contributed by atoms with Crippen LogP contribution >= 0.6 is 0 Å². The molecule has 0 saturated carbocycles. The zero-order valence-electron chi connectivity index (χ0n) is 10.3. The highest BCUT2D eigenvalue weighted by atomic mass is 32.2. The first-order valence-electron chi connectivity index (χ1n) is 5.69. The van der Waals surface area contributed by atoms with Gasteiger partial charge < -0.3 is 5.73 Å².